The molecule has 7 nitrogen and oxygen atoms in total. The molecular weight excluding hydrogens is 561 g/mol. The molecule has 4 atom stereocenters. The van der Waals surface area contributed by atoms with E-state index in [4.69, 9.17) is 14.0 Å². The van der Waals surface area contributed by atoms with E-state index in [1.807, 2.05) is 0 Å². The zero-order valence-electron chi connectivity index (χ0n) is 27.5. The molecule has 4 rings (SSSR count). The maximum absolute atomic E-state index is 14.2. The van der Waals surface area contributed by atoms with Crippen LogP contribution in [-0.2, 0) is 18.8 Å². The quantitative estimate of drug-likeness (QED) is 0.153. The Labute approximate surface area is 258 Å². The molecule has 43 heavy (non-hydrogen) atoms. The van der Waals surface area contributed by atoms with Gasteiger partial charge in [0.2, 0.25) is 0 Å². The van der Waals surface area contributed by atoms with Crippen molar-refractivity contribution in [2.45, 2.75) is 111 Å². The van der Waals surface area contributed by atoms with Crippen molar-refractivity contribution < 1.29 is 28.5 Å². The highest BCUT2D eigenvalue weighted by Gasteiger charge is 2.37. The van der Waals surface area contributed by atoms with E-state index in [1.54, 1.807) is 13.8 Å². The molecule has 0 amide bonds. The van der Waals surface area contributed by atoms with Crippen LogP contribution in [0.2, 0.25) is 0 Å². The number of carbonyl (C=O) groups excluding carboxylic acids is 1. The normalized spacial score (nSPS) is 18.8. The zero-order chi connectivity index (χ0) is 31.6. The van der Waals surface area contributed by atoms with Crippen LogP contribution in [0.5, 0.6) is 11.5 Å². The summed E-state index contributed by atoms with van der Waals surface area (Å²) < 4.78 is 31.3. The third-order valence-electron chi connectivity index (χ3n) is 9.10. The summed E-state index contributed by atoms with van der Waals surface area (Å²) in [4.78, 5) is 12.4. The monoisotopic (exact) mass is 613 g/mol. The predicted molar refractivity (Wildman–Crippen MR) is 173 cm³/mol. The summed E-state index contributed by atoms with van der Waals surface area (Å²) in [6.07, 6.45) is 4.52. The van der Waals surface area contributed by atoms with Gasteiger partial charge in [-0.15, -0.1) is 0 Å². The summed E-state index contributed by atoms with van der Waals surface area (Å²) in [5.41, 5.74) is 6.10. The second kappa shape index (κ2) is 13.7. The molecule has 0 aliphatic heterocycles. The molecule has 2 aliphatic rings. The first-order valence-electron chi connectivity index (χ1n) is 16.1. The molecule has 0 aromatic heterocycles. The lowest BCUT2D eigenvalue weighted by atomic mass is 9.84. The van der Waals surface area contributed by atoms with Gasteiger partial charge in [-0.25, -0.2) is 5.09 Å². The summed E-state index contributed by atoms with van der Waals surface area (Å²) >= 11 is 0. The minimum atomic E-state index is -3.66. The molecule has 2 aromatic carbocycles. The Bertz CT molecular complexity index is 1350. The molecule has 2 saturated carbocycles. The first-order chi connectivity index (χ1) is 20.3. The minimum absolute atomic E-state index is 0.0742. The lowest BCUT2D eigenvalue weighted by Crippen LogP contribution is -2.35. The van der Waals surface area contributed by atoms with Crippen LogP contribution >= 0.6 is 7.52 Å². The molecule has 0 saturated heterocycles. The first-order valence-corrected chi connectivity index (χ1v) is 17.9. The van der Waals surface area contributed by atoms with Crippen LogP contribution in [0.1, 0.15) is 127 Å². The van der Waals surface area contributed by atoms with E-state index in [0.29, 0.717) is 29.3 Å². The Kier molecular flexibility index (Phi) is 10.7. The molecule has 2 aromatic rings. The van der Waals surface area contributed by atoms with E-state index >= 15 is 0 Å². The second-order valence-electron chi connectivity index (χ2n) is 13.3. The molecule has 0 spiro atoms. The Morgan fingerprint density at radius 1 is 0.860 bits per heavy atom. The number of methoxy groups -OCH3 is 1. The number of rotatable bonds is 15. The summed E-state index contributed by atoms with van der Waals surface area (Å²) in [6.45, 7) is 16.5. The van der Waals surface area contributed by atoms with Gasteiger partial charge in [0, 0.05) is 7.11 Å². The fourth-order valence-electron chi connectivity index (χ4n) is 6.07. The molecule has 4 unspecified atom stereocenters. The molecule has 0 radical (unpaired) electrons. The van der Waals surface area contributed by atoms with Crippen LogP contribution in [0.15, 0.2) is 24.3 Å². The summed E-state index contributed by atoms with van der Waals surface area (Å²) in [6, 6.07) is 7.82. The lowest BCUT2D eigenvalue weighted by molar-refractivity contribution is -0.144. The third-order valence-corrected chi connectivity index (χ3v) is 11.0. The largest absolute Gasteiger partial charge is 0.507 e. The molecule has 2 N–H and O–H groups in total. The number of hydrogen-bond donors (Lipinski definition) is 2. The molecular formula is C35H52NO6P. The molecule has 0 bridgehead atoms. The van der Waals surface area contributed by atoms with Crippen molar-refractivity contribution in [1.82, 2.24) is 5.09 Å². The number of phenolic OH excluding ortho intramolecular Hbond substituents is 1. The number of benzene rings is 2. The second-order valence-corrected chi connectivity index (χ2v) is 15.4. The Hall–Kier alpha value is -2.34. The van der Waals surface area contributed by atoms with Crippen molar-refractivity contribution in [3.05, 3.63) is 46.5 Å². The SMILES string of the molecule is CCOC(=O)C(C)NP(=O)(COC)Oc1c(C(C)C)cc(-c2cc(C(C)C)c(O)c(C(C)C3CC3)c2)cc1C(C)C1CC1. The van der Waals surface area contributed by atoms with Gasteiger partial charge >= 0.3 is 13.5 Å². The van der Waals surface area contributed by atoms with Gasteiger partial charge in [-0.2, -0.15) is 0 Å². The Morgan fingerprint density at radius 3 is 1.84 bits per heavy atom. The number of nitrogens with one attached hydrogen (secondary N) is 1. The number of esters is 1. The van der Waals surface area contributed by atoms with Crippen molar-refractivity contribution in [3.63, 3.8) is 0 Å². The molecule has 2 aliphatic carbocycles. The van der Waals surface area contributed by atoms with Crippen LogP contribution in [0.25, 0.3) is 11.1 Å². The topological polar surface area (TPSA) is 94.1 Å². The van der Waals surface area contributed by atoms with Crippen LogP contribution in [0, 0.1) is 11.8 Å². The van der Waals surface area contributed by atoms with Crippen molar-refractivity contribution in [1.29, 1.82) is 0 Å². The van der Waals surface area contributed by atoms with Crippen LogP contribution in [-0.4, -0.2) is 37.2 Å². The predicted octanol–water partition coefficient (Wildman–Crippen LogP) is 9.05. The van der Waals surface area contributed by atoms with Gasteiger partial charge in [-0.05, 0) is 133 Å². The van der Waals surface area contributed by atoms with Crippen molar-refractivity contribution in [3.8, 4) is 22.6 Å². The van der Waals surface area contributed by atoms with Gasteiger partial charge in [0.05, 0.1) is 6.61 Å². The highest BCUT2D eigenvalue weighted by Crippen LogP contribution is 2.54. The highest BCUT2D eigenvalue weighted by atomic mass is 31.2. The molecule has 0 heterocycles. The molecule has 238 valence electrons. The smallest absolute Gasteiger partial charge is 0.342 e. The van der Waals surface area contributed by atoms with Crippen molar-refractivity contribution >= 4 is 13.5 Å². The summed E-state index contributed by atoms with van der Waals surface area (Å²) in [5.74, 6) is 2.43. The average Bonchev–Trinajstić information content (AvgIpc) is 3.86. The van der Waals surface area contributed by atoms with Gasteiger partial charge in [0.1, 0.15) is 23.9 Å². The van der Waals surface area contributed by atoms with E-state index in [1.165, 1.54) is 20.0 Å². The third kappa shape index (κ3) is 7.85. The number of aromatic hydroxyl groups is 1. The van der Waals surface area contributed by atoms with Gasteiger partial charge in [0.15, 0.2) is 0 Å². The lowest BCUT2D eigenvalue weighted by Gasteiger charge is -2.28. The summed E-state index contributed by atoms with van der Waals surface area (Å²) in [7, 11) is -2.19. The molecule has 8 heteroatoms. The van der Waals surface area contributed by atoms with Crippen LogP contribution < -0.4 is 9.61 Å². The number of carbonyl (C=O) groups is 1. The number of hydrogen-bond acceptors (Lipinski definition) is 6. The Balaban J connectivity index is 1.86. The van der Waals surface area contributed by atoms with E-state index in [0.717, 1.165) is 46.2 Å². The zero-order valence-corrected chi connectivity index (χ0v) is 28.4. The fourth-order valence-corrected chi connectivity index (χ4v) is 7.79. The first kappa shape index (κ1) is 33.6. The van der Waals surface area contributed by atoms with Gasteiger partial charge in [-0.1, -0.05) is 41.5 Å². The van der Waals surface area contributed by atoms with Crippen LogP contribution in [0.3, 0.4) is 0 Å². The fraction of sp³-hybridized carbons (Fsp3) is 0.629. The maximum atomic E-state index is 14.2. The van der Waals surface area contributed by atoms with Gasteiger partial charge < -0.3 is 19.1 Å². The number of ether oxygens (including phenoxy) is 2. The highest BCUT2D eigenvalue weighted by molar-refractivity contribution is 7.57. The van der Waals surface area contributed by atoms with E-state index in [2.05, 4.69) is 70.9 Å². The number of phenols is 1. The van der Waals surface area contributed by atoms with Crippen molar-refractivity contribution in [2.24, 2.45) is 11.8 Å². The summed E-state index contributed by atoms with van der Waals surface area (Å²) in [5, 5.41) is 14.2. The van der Waals surface area contributed by atoms with Gasteiger partial charge in [0.25, 0.3) is 0 Å². The minimum Gasteiger partial charge on any atom is -0.507 e. The van der Waals surface area contributed by atoms with E-state index < -0.39 is 19.5 Å². The standard InChI is InChI=1S/C35H52NO6P/c1-10-41-35(38)24(8)36-43(39,19-40-9)42-34-30(21(4)5)16-28(18-32(34)23(7)26-13-14-26)27-15-29(20(2)3)33(37)31(17-27)22(6)25-11-12-25/h15-18,20-26,37H,10-14,19H2,1-9H3,(H,36,39). The maximum Gasteiger partial charge on any atom is 0.342 e. The average molecular weight is 614 g/mol. The van der Waals surface area contributed by atoms with Crippen LogP contribution in [0.4, 0.5) is 0 Å². The molecule has 2 fully saturated rings. The van der Waals surface area contributed by atoms with Gasteiger partial charge in [-0.3, -0.25) is 9.36 Å². The van der Waals surface area contributed by atoms with E-state index in [-0.39, 0.29) is 30.7 Å². The Morgan fingerprint density at radius 2 is 1.35 bits per heavy atom. The van der Waals surface area contributed by atoms with Crippen molar-refractivity contribution in [2.75, 3.05) is 20.1 Å². The van der Waals surface area contributed by atoms with E-state index in [9.17, 15) is 14.5 Å².